The minimum absolute atomic E-state index is 0.0359. The molecule has 1 aliphatic rings. The lowest BCUT2D eigenvalue weighted by Gasteiger charge is -2.15. The second-order valence-electron chi connectivity index (χ2n) is 6.19. The molecule has 0 saturated heterocycles. The highest BCUT2D eigenvalue weighted by Crippen LogP contribution is 2.47. The number of nitrogens with zero attached hydrogens (tertiary/aromatic N) is 1. The van der Waals surface area contributed by atoms with E-state index in [2.05, 4.69) is 16.6 Å². The van der Waals surface area contributed by atoms with E-state index in [1.54, 1.807) is 0 Å². The Labute approximate surface area is 152 Å². The van der Waals surface area contributed by atoms with Gasteiger partial charge in [0.2, 0.25) is 0 Å². The molecule has 0 aliphatic heterocycles. The summed E-state index contributed by atoms with van der Waals surface area (Å²) in [7, 11) is 1.25. The number of halogens is 3. The fourth-order valence-corrected chi connectivity index (χ4v) is 2.68. The predicted molar refractivity (Wildman–Crippen MR) is 87.5 cm³/mol. The number of ether oxygens (including phenoxy) is 3. The Morgan fingerprint density at radius 2 is 1.93 bits per heavy atom. The number of hydrogen-bond acceptors (Lipinski definition) is 5. The molecule has 1 fully saturated rings. The van der Waals surface area contributed by atoms with Gasteiger partial charge in [-0.3, -0.25) is 4.98 Å². The number of carboxylic acid groups (broad SMARTS) is 1. The van der Waals surface area contributed by atoms with Crippen molar-refractivity contribution in [2.24, 2.45) is 5.92 Å². The Bertz CT molecular complexity index is 869. The van der Waals surface area contributed by atoms with Gasteiger partial charge < -0.3 is 19.3 Å². The first-order valence-corrected chi connectivity index (χ1v) is 8.03. The van der Waals surface area contributed by atoms with Gasteiger partial charge in [0.05, 0.1) is 7.11 Å². The molecule has 1 saturated carbocycles. The van der Waals surface area contributed by atoms with Crippen molar-refractivity contribution in [1.29, 1.82) is 0 Å². The summed E-state index contributed by atoms with van der Waals surface area (Å²) in [5.41, 5.74) is 0.545. The van der Waals surface area contributed by atoms with E-state index in [-0.39, 0.29) is 28.7 Å². The van der Waals surface area contributed by atoms with E-state index in [0.717, 1.165) is 18.6 Å². The van der Waals surface area contributed by atoms with Gasteiger partial charge in [0.1, 0.15) is 17.1 Å². The number of alkyl halides is 3. The van der Waals surface area contributed by atoms with E-state index in [4.69, 9.17) is 9.47 Å². The Hall–Kier alpha value is -2.97. The van der Waals surface area contributed by atoms with E-state index in [0.29, 0.717) is 11.6 Å². The van der Waals surface area contributed by atoms with Crippen LogP contribution in [0.1, 0.15) is 35.3 Å². The second-order valence-corrected chi connectivity index (χ2v) is 6.19. The quantitative estimate of drug-likeness (QED) is 0.785. The molecule has 0 spiro atoms. The van der Waals surface area contributed by atoms with Crippen molar-refractivity contribution in [2.45, 2.75) is 25.6 Å². The van der Waals surface area contributed by atoms with Gasteiger partial charge in [-0.25, -0.2) is 4.79 Å². The van der Waals surface area contributed by atoms with Gasteiger partial charge in [-0.2, -0.15) is 0 Å². The van der Waals surface area contributed by atoms with Gasteiger partial charge >= 0.3 is 12.3 Å². The van der Waals surface area contributed by atoms with Gasteiger partial charge in [0, 0.05) is 29.9 Å². The van der Waals surface area contributed by atoms with Crippen molar-refractivity contribution >= 4 is 5.97 Å². The summed E-state index contributed by atoms with van der Waals surface area (Å²) in [5, 5.41) is 9.34. The van der Waals surface area contributed by atoms with Crippen LogP contribution in [-0.2, 0) is 0 Å². The zero-order valence-electron chi connectivity index (χ0n) is 14.4. The average molecular weight is 383 g/mol. The van der Waals surface area contributed by atoms with Crippen molar-refractivity contribution in [1.82, 2.24) is 4.98 Å². The number of aromatic carboxylic acids is 1. The molecule has 2 aromatic rings. The molecular formula is C18H16F3NO5. The molecule has 144 valence electrons. The first-order chi connectivity index (χ1) is 12.7. The highest BCUT2D eigenvalue weighted by molar-refractivity contribution is 5.90. The van der Waals surface area contributed by atoms with Crippen LogP contribution in [0.3, 0.4) is 0 Å². The number of carbonyl (C=O) groups is 1. The minimum atomic E-state index is -4.84. The van der Waals surface area contributed by atoms with E-state index in [9.17, 15) is 23.1 Å². The molecule has 1 unspecified atom stereocenters. The van der Waals surface area contributed by atoms with Crippen LogP contribution in [0.2, 0.25) is 0 Å². The van der Waals surface area contributed by atoms with E-state index in [1.807, 2.05) is 0 Å². The Balaban J connectivity index is 1.92. The molecule has 0 radical (unpaired) electrons. The summed E-state index contributed by atoms with van der Waals surface area (Å²) in [6.45, 7) is 2.06. The monoisotopic (exact) mass is 383 g/mol. The fraction of sp³-hybridized carbons (Fsp3) is 0.333. The maximum absolute atomic E-state index is 12.4. The number of methoxy groups -OCH3 is 1. The zero-order valence-corrected chi connectivity index (χ0v) is 14.4. The van der Waals surface area contributed by atoms with Gasteiger partial charge in [-0.1, -0.05) is 6.92 Å². The molecule has 1 N–H and O–H groups in total. The van der Waals surface area contributed by atoms with E-state index < -0.39 is 18.1 Å². The SMILES string of the molecule is COc1cc(OC(F)(F)F)ccc1Oc1cc(C2C[C@@H]2C)ncc1C(=O)O. The van der Waals surface area contributed by atoms with Crippen LogP contribution in [0.15, 0.2) is 30.5 Å². The Kier molecular flexibility index (Phi) is 4.86. The molecular weight excluding hydrogens is 367 g/mol. The molecule has 0 bridgehead atoms. The lowest BCUT2D eigenvalue weighted by Crippen LogP contribution is -2.17. The average Bonchev–Trinajstić information content (AvgIpc) is 3.31. The molecule has 0 amide bonds. The van der Waals surface area contributed by atoms with Crippen LogP contribution >= 0.6 is 0 Å². The smallest absolute Gasteiger partial charge is 0.493 e. The molecule has 27 heavy (non-hydrogen) atoms. The molecule has 2 atom stereocenters. The number of rotatable bonds is 6. The topological polar surface area (TPSA) is 77.9 Å². The molecule has 1 aliphatic carbocycles. The van der Waals surface area contributed by atoms with Crippen molar-refractivity contribution in [2.75, 3.05) is 7.11 Å². The second kappa shape index (κ2) is 6.98. The van der Waals surface area contributed by atoms with Crippen molar-refractivity contribution in [3.05, 3.63) is 41.7 Å². The highest BCUT2D eigenvalue weighted by atomic mass is 19.4. The van der Waals surface area contributed by atoms with Crippen LogP contribution in [0.25, 0.3) is 0 Å². The number of pyridine rings is 1. The third-order valence-corrected chi connectivity index (χ3v) is 4.20. The Morgan fingerprint density at radius 3 is 2.48 bits per heavy atom. The molecule has 6 nitrogen and oxygen atoms in total. The predicted octanol–water partition coefficient (Wildman–Crippen LogP) is 4.60. The normalized spacial score (nSPS) is 18.7. The van der Waals surface area contributed by atoms with Crippen LogP contribution in [0.4, 0.5) is 13.2 Å². The maximum Gasteiger partial charge on any atom is 0.573 e. The van der Waals surface area contributed by atoms with Crippen LogP contribution < -0.4 is 14.2 Å². The first-order valence-electron chi connectivity index (χ1n) is 8.03. The summed E-state index contributed by atoms with van der Waals surface area (Å²) in [6, 6.07) is 4.81. The molecule has 9 heteroatoms. The number of carboxylic acids is 1. The van der Waals surface area contributed by atoms with E-state index >= 15 is 0 Å². The Morgan fingerprint density at radius 1 is 1.22 bits per heavy atom. The summed E-state index contributed by atoms with van der Waals surface area (Å²) in [4.78, 5) is 15.6. The minimum Gasteiger partial charge on any atom is -0.493 e. The third-order valence-electron chi connectivity index (χ3n) is 4.20. The van der Waals surface area contributed by atoms with Crippen LogP contribution in [-0.4, -0.2) is 29.5 Å². The first kappa shape index (κ1) is 18.8. The molecule has 1 heterocycles. The number of benzene rings is 1. The summed E-state index contributed by atoms with van der Waals surface area (Å²) in [6.07, 6.45) is -2.68. The van der Waals surface area contributed by atoms with Crippen molar-refractivity contribution < 1.29 is 37.3 Å². The summed E-state index contributed by atoms with van der Waals surface area (Å²) < 4.78 is 51.6. The van der Waals surface area contributed by atoms with Crippen molar-refractivity contribution in [3.63, 3.8) is 0 Å². The zero-order chi connectivity index (χ0) is 19.8. The molecule has 3 rings (SSSR count). The third kappa shape index (κ3) is 4.42. The van der Waals surface area contributed by atoms with Crippen LogP contribution in [0, 0.1) is 5.92 Å². The summed E-state index contributed by atoms with van der Waals surface area (Å²) in [5.74, 6) is -0.971. The van der Waals surface area contributed by atoms with Gasteiger partial charge in [-0.15, -0.1) is 13.2 Å². The molecule has 1 aromatic carbocycles. The van der Waals surface area contributed by atoms with Gasteiger partial charge in [0.15, 0.2) is 11.5 Å². The number of aromatic nitrogens is 1. The van der Waals surface area contributed by atoms with Crippen LogP contribution in [0.5, 0.6) is 23.0 Å². The standard InChI is InChI=1S/C18H16F3NO5/c1-9-5-11(9)13-7-15(12(8-22-13)17(23)24)26-14-4-3-10(6-16(14)25-2)27-18(19,20)21/h3-4,6-9,11H,5H2,1-2H3,(H,23,24)/t9-,11?/m0/s1. The summed E-state index contributed by atoms with van der Waals surface area (Å²) >= 11 is 0. The number of hydrogen-bond donors (Lipinski definition) is 1. The van der Waals surface area contributed by atoms with E-state index in [1.165, 1.54) is 25.4 Å². The van der Waals surface area contributed by atoms with Crippen molar-refractivity contribution in [3.8, 4) is 23.0 Å². The van der Waals surface area contributed by atoms with Gasteiger partial charge in [-0.05, 0) is 24.5 Å². The molecule has 1 aromatic heterocycles. The maximum atomic E-state index is 12.4. The highest BCUT2D eigenvalue weighted by Gasteiger charge is 2.36. The lowest BCUT2D eigenvalue weighted by molar-refractivity contribution is -0.274. The fourth-order valence-electron chi connectivity index (χ4n) is 2.68. The largest absolute Gasteiger partial charge is 0.573 e. The lowest BCUT2D eigenvalue weighted by atomic mass is 10.1. The van der Waals surface area contributed by atoms with Gasteiger partial charge in [0.25, 0.3) is 0 Å².